The summed E-state index contributed by atoms with van der Waals surface area (Å²) in [6, 6.07) is 20.4. The molecule has 0 radical (unpaired) electrons. The summed E-state index contributed by atoms with van der Waals surface area (Å²) in [6.45, 7) is 0. The van der Waals surface area contributed by atoms with Crippen LogP contribution in [0.5, 0.6) is 0 Å². The molecule has 0 unspecified atom stereocenters. The van der Waals surface area contributed by atoms with Gasteiger partial charge in [0.1, 0.15) is 0 Å². The Morgan fingerprint density at radius 1 is 0.667 bits per heavy atom. The first kappa shape index (κ1) is 12.3. The van der Waals surface area contributed by atoms with Crippen LogP contribution < -0.4 is 10.6 Å². The molecule has 2 aromatic carbocycles. The highest BCUT2D eigenvalue weighted by Gasteiger charge is 2.08. The third kappa shape index (κ3) is 3.09. The molecule has 0 amide bonds. The quantitative estimate of drug-likeness (QED) is 0.551. The molecule has 0 aliphatic rings. The highest BCUT2D eigenvalue weighted by atomic mass is 35.7. The average molecular weight is 234 g/mol. The zero-order valence-corrected chi connectivity index (χ0v) is 9.25. The highest BCUT2D eigenvalue weighted by molar-refractivity contribution is 7.95. The molecule has 0 bridgehead atoms. The van der Waals surface area contributed by atoms with E-state index in [1.54, 1.807) is 0 Å². The zero-order chi connectivity index (χ0) is 9.80. The molecule has 0 nitrogen and oxygen atoms in total. The van der Waals surface area contributed by atoms with Gasteiger partial charge in [-0.3, -0.25) is 0 Å². The normalized spacial score (nSPS) is 9.73. The van der Waals surface area contributed by atoms with Crippen LogP contribution in [0.4, 0.5) is 0 Å². The van der Waals surface area contributed by atoms with E-state index in [1.807, 2.05) is 36.4 Å². The predicted octanol–water partition coefficient (Wildman–Crippen LogP) is 2.09. The lowest BCUT2D eigenvalue weighted by Crippen LogP contribution is -2.06. The van der Waals surface area contributed by atoms with Crippen molar-refractivity contribution < 1.29 is 0 Å². The maximum atomic E-state index is 6.40. The first-order chi connectivity index (χ1) is 6.88. The van der Waals surface area contributed by atoms with Gasteiger partial charge in [0.2, 0.25) is 0 Å². The third-order valence-electron chi connectivity index (χ3n) is 1.97. The van der Waals surface area contributed by atoms with E-state index >= 15 is 0 Å². The van der Waals surface area contributed by atoms with Crippen LogP contribution in [0.25, 0.3) is 0 Å². The van der Waals surface area contributed by atoms with Crippen LogP contribution in [0.2, 0.25) is 0 Å². The van der Waals surface area contributed by atoms with Gasteiger partial charge in [-0.1, -0.05) is 71.9 Å². The van der Waals surface area contributed by atoms with Crippen LogP contribution >= 0.6 is 18.5 Å². The Morgan fingerprint density at radius 2 is 1.00 bits per heavy atom. The smallest absolute Gasteiger partial charge is 0.0814 e. The standard InChI is InChI=1S/C12H10ClP.BH3/c13-14(11-7-3-1-4-8-11)12-9-5-2-6-10-12;/h1-10H;1H3. The third-order valence-corrected chi connectivity index (χ3v) is 4.64. The summed E-state index contributed by atoms with van der Waals surface area (Å²) in [4.78, 5) is 0. The van der Waals surface area contributed by atoms with Crippen LogP contribution in [-0.2, 0) is 0 Å². The molecule has 2 rings (SSSR count). The maximum Gasteiger partial charge on any atom is 0.0814 e. The zero-order valence-electron chi connectivity index (χ0n) is 7.60. The lowest BCUT2D eigenvalue weighted by atomic mass is 10.4. The van der Waals surface area contributed by atoms with E-state index in [0.717, 1.165) is 0 Å². The maximum absolute atomic E-state index is 6.40. The van der Waals surface area contributed by atoms with Crippen molar-refractivity contribution >= 4 is 37.5 Å². The van der Waals surface area contributed by atoms with Gasteiger partial charge in [-0.15, -0.1) is 0 Å². The lowest BCUT2D eigenvalue weighted by Gasteiger charge is -2.09. The van der Waals surface area contributed by atoms with E-state index in [1.165, 1.54) is 10.6 Å². The Balaban J connectivity index is 0.00000112. The van der Waals surface area contributed by atoms with E-state index in [0.29, 0.717) is 0 Å². The van der Waals surface area contributed by atoms with Gasteiger partial charge in [0.15, 0.2) is 0 Å². The minimum absolute atomic E-state index is 0. The summed E-state index contributed by atoms with van der Waals surface area (Å²) < 4.78 is 0. The molecule has 0 aromatic heterocycles. The molecular weight excluding hydrogens is 221 g/mol. The average Bonchev–Trinajstić information content (AvgIpc) is 2.30. The van der Waals surface area contributed by atoms with Gasteiger partial charge in [-0.2, -0.15) is 0 Å². The summed E-state index contributed by atoms with van der Waals surface area (Å²) in [6.07, 6.45) is 0. The predicted molar refractivity (Wildman–Crippen MR) is 74.9 cm³/mol. The van der Waals surface area contributed by atoms with Gasteiger partial charge in [-0.05, 0) is 10.6 Å². The topological polar surface area (TPSA) is 0 Å². The molecule has 0 N–H and O–H groups in total. The fourth-order valence-corrected chi connectivity index (χ4v) is 3.11. The van der Waals surface area contributed by atoms with E-state index < -0.39 is 7.27 Å². The van der Waals surface area contributed by atoms with Crippen molar-refractivity contribution in [2.75, 3.05) is 0 Å². The Bertz CT molecular complexity index is 351. The van der Waals surface area contributed by atoms with Crippen molar-refractivity contribution in [2.24, 2.45) is 0 Å². The molecule has 0 aliphatic heterocycles. The Kier molecular flexibility index (Phi) is 4.88. The number of hydrogen-bond donors (Lipinski definition) is 0. The summed E-state index contributed by atoms with van der Waals surface area (Å²) in [7, 11) is -0.699. The number of hydrogen-bond acceptors (Lipinski definition) is 0. The van der Waals surface area contributed by atoms with Gasteiger partial charge < -0.3 is 0 Å². The minimum atomic E-state index is -0.699. The van der Waals surface area contributed by atoms with E-state index in [-0.39, 0.29) is 8.41 Å². The monoisotopic (exact) mass is 234 g/mol. The van der Waals surface area contributed by atoms with E-state index in [2.05, 4.69) is 24.3 Å². The molecule has 2 aromatic rings. The molecule has 0 fully saturated rings. The van der Waals surface area contributed by atoms with Crippen molar-refractivity contribution in [2.45, 2.75) is 0 Å². The first-order valence-corrected chi connectivity index (χ1v) is 6.68. The Morgan fingerprint density at radius 3 is 1.33 bits per heavy atom. The number of benzene rings is 2. The van der Waals surface area contributed by atoms with Gasteiger partial charge in [0, 0.05) is 0 Å². The Labute approximate surface area is 98.4 Å². The SMILES string of the molecule is B.ClP(c1ccccc1)c1ccccc1. The molecule has 0 aliphatic carbocycles. The van der Waals surface area contributed by atoms with Gasteiger partial charge in [-0.25, -0.2) is 0 Å². The van der Waals surface area contributed by atoms with Crippen molar-refractivity contribution in [1.82, 2.24) is 0 Å². The second-order valence-corrected chi connectivity index (χ2v) is 5.56. The van der Waals surface area contributed by atoms with Crippen LogP contribution in [0.3, 0.4) is 0 Å². The van der Waals surface area contributed by atoms with Gasteiger partial charge in [0.05, 0.1) is 15.7 Å². The van der Waals surface area contributed by atoms with Crippen LogP contribution in [0, 0.1) is 0 Å². The van der Waals surface area contributed by atoms with Gasteiger partial charge in [0.25, 0.3) is 0 Å². The molecule has 3 heteroatoms. The fourth-order valence-electron chi connectivity index (χ4n) is 1.27. The lowest BCUT2D eigenvalue weighted by molar-refractivity contribution is 1.76. The van der Waals surface area contributed by atoms with Crippen molar-refractivity contribution in [3.63, 3.8) is 0 Å². The van der Waals surface area contributed by atoms with Crippen molar-refractivity contribution in [3.8, 4) is 0 Å². The summed E-state index contributed by atoms with van der Waals surface area (Å²) in [5, 5.41) is 2.41. The molecule has 76 valence electrons. The first-order valence-electron chi connectivity index (χ1n) is 4.44. The molecular formula is C12H13BClP. The van der Waals surface area contributed by atoms with E-state index in [4.69, 9.17) is 11.2 Å². The highest BCUT2D eigenvalue weighted by Crippen LogP contribution is 2.38. The van der Waals surface area contributed by atoms with Crippen LogP contribution in [-0.4, -0.2) is 8.41 Å². The number of halogens is 1. The van der Waals surface area contributed by atoms with Crippen LogP contribution in [0.1, 0.15) is 0 Å². The van der Waals surface area contributed by atoms with E-state index in [9.17, 15) is 0 Å². The molecule has 0 atom stereocenters. The van der Waals surface area contributed by atoms with Crippen molar-refractivity contribution in [3.05, 3.63) is 60.7 Å². The summed E-state index contributed by atoms with van der Waals surface area (Å²) >= 11 is 6.40. The fraction of sp³-hybridized carbons (Fsp3) is 0. The second kappa shape index (κ2) is 5.95. The largest absolute Gasteiger partial charge is 0.0859 e. The second-order valence-electron chi connectivity index (χ2n) is 2.95. The number of rotatable bonds is 2. The Hall–Kier alpha value is -0.775. The van der Waals surface area contributed by atoms with Crippen molar-refractivity contribution in [1.29, 1.82) is 0 Å². The molecule has 0 heterocycles. The molecule has 15 heavy (non-hydrogen) atoms. The molecule has 0 spiro atoms. The molecule has 0 saturated carbocycles. The summed E-state index contributed by atoms with van der Waals surface area (Å²) in [5.41, 5.74) is 0. The van der Waals surface area contributed by atoms with Gasteiger partial charge >= 0.3 is 0 Å². The molecule has 0 saturated heterocycles. The minimum Gasteiger partial charge on any atom is -0.0859 e. The summed E-state index contributed by atoms with van der Waals surface area (Å²) in [5.74, 6) is 0. The van der Waals surface area contributed by atoms with Crippen LogP contribution in [0.15, 0.2) is 60.7 Å².